The van der Waals surface area contributed by atoms with Crippen LogP contribution in [0.4, 0.5) is 0 Å². The molecule has 0 saturated carbocycles. The van der Waals surface area contributed by atoms with Gasteiger partial charge in [0.25, 0.3) is 0 Å². The molecule has 5 heteroatoms. The molecule has 1 fully saturated rings. The van der Waals surface area contributed by atoms with E-state index in [1.165, 1.54) is 4.88 Å². The van der Waals surface area contributed by atoms with Gasteiger partial charge in [-0.25, -0.2) is 4.98 Å². The molecular formula is C23H34N2O2S. The summed E-state index contributed by atoms with van der Waals surface area (Å²) in [6.45, 7) is 12.6. The summed E-state index contributed by atoms with van der Waals surface area (Å²) in [5.41, 5.74) is 0.521. The van der Waals surface area contributed by atoms with E-state index >= 15 is 0 Å². The first kappa shape index (κ1) is 21.3. The number of para-hydroxylation sites is 1. The lowest BCUT2D eigenvalue weighted by Crippen LogP contribution is -2.34. The number of hydrogen-bond donors (Lipinski definition) is 1. The summed E-state index contributed by atoms with van der Waals surface area (Å²) in [6.07, 6.45) is 3.39. The minimum absolute atomic E-state index is 0.284. The molecule has 0 unspecified atom stereocenters. The molecule has 2 heterocycles. The van der Waals surface area contributed by atoms with E-state index in [0.29, 0.717) is 6.61 Å². The highest BCUT2D eigenvalue weighted by Gasteiger charge is 2.36. The third-order valence-corrected chi connectivity index (χ3v) is 6.65. The number of aryl methyl sites for hydroxylation is 1. The van der Waals surface area contributed by atoms with Gasteiger partial charge in [-0.3, -0.25) is 0 Å². The van der Waals surface area contributed by atoms with Gasteiger partial charge in [-0.2, -0.15) is 0 Å². The van der Waals surface area contributed by atoms with Crippen molar-refractivity contribution in [2.75, 3.05) is 26.2 Å². The smallest absolute Gasteiger partial charge is 0.125 e. The second-order valence-electron chi connectivity index (χ2n) is 9.16. The van der Waals surface area contributed by atoms with E-state index in [1.807, 2.05) is 37.3 Å². The number of thiazole rings is 1. The highest BCUT2D eigenvalue weighted by Crippen LogP contribution is 2.37. The fourth-order valence-electron chi connectivity index (χ4n) is 3.86. The normalized spacial score (nSPS) is 21.5. The standard InChI is InChI=1S/C23H34N2O2S/c1-18-20(11-16-27-19-9-6-5-7-10-19)28-21(24-18)23(26)12-8-14-25(15-13-23)17-22(2,3)4/h5-7,9-10,26H,8,11-17H2,1-4H3/t23-/m1/s1. The Bertz CT molecular complexity index is 754. The number of aromatic nitrogens is 1. The average Bonchev–Trinajstić information content (AvgIpc) is 2.90. The molecule has 1 aromatic heterocycles. The topological polar surface area (TPSA) is 45.6 Å². The lowest BCUT2D eigenvalue weighted by Gasteiger charge is -2.29. The Hall–Kier alpha value is -1.43. The fourth-order valence-corrected chi connectivity index (χ4v) is 5.04. The minimum Gasteiger partial charge on any atom is -0.493 e. The third-order valence-electron chi connectivity index (χ3n) is 5.24. The molecule has 0 radical (unpaired) electrons. The van der Waals surface area contributed by atoms with Gasteiger partial charge in [0, 0.05) is 24.4 Å². The van der Waals surface area contributed by atoms with Crippen LogP contribution < -0.4 is 4.74 Å². The first-order chi connectivity index (χ1) is 13.3. The predicted octanol–water partition coefficient (Wildman–Crippen LogP) is 4.79. The van der Waals surface area contributed by atoms with Gasteiger partial charge in [-0.1, -0.05) is 39.0 Å². The summed E-state index contributed by atoms with van der Waals surface area (Å²) in [4.78, 5) is 8.48. The molecule has 0 aliphatic carbocycles. The number of nitrogens with zero attached hydrogens (tertiary/aromatic N) is 2. The van der Waals surface area contributed by atoms with E-state index in [-0.39, 0.29) is 5.41 Å². The van der Waals surface area contributed by atoms with Crippen molar-refractivity contribution in [2.45, 2.75) is 59.0 Å². The van der Waals surface area contributed by atoms with E-state index in [9.17, 15) is 5.11 Å². The summed E-state index contributed by atoms with van der Waals surface area (Å²) >= 11 is 1.66. The lowest BCUT2D eigenvalue weighted by molar-refractivity contribution is 0.0200. The van der Waals surface area contributed by atoms with Crippen molar-refractivity contribution < 1.29 is 9.84 Å². The van der Waals surface area contributed by atoms with Crippen LogP contribution >= 0.6 is 11.3 Å². The van der Waals surface area contributed by atoms with E-state index in [2.05, 4.69) is 25.7 Å². The summed E-state index contributed by atoms with van der Waals surface area (Å²) in [7, 11) is 0. The van der Waals surface area contributed by atoms with Gasteiger partial charge in [0.1, 0.15) is 16.4 Å². The average molecular weight is 403 g/mol. The Morgan fingerprint density at radius 1 is 1.18 bits per heavy atom. The van der Waals surface area contributed by atoms with Crippen LogP contribution in [-0.4, -0.2) is 41.2 Å². The van der Waals surface area contributed by atoms with Crippen LogP contribution in [0.25, 0.3) is 0 Å². The zero-order valence-electron chi connectivity index (χ0n) is 17.7. The Labute approximate surface area is 173 Å². The number of ether oxygens (including phenoxy) is 1. The molecule has 1 atom stereocenters. The number of aliphatic hydroxyl groups is 1. The van der Waals surface area contributed by atoms with Gasteiger partial charge in [0.05, 0.1) is 12.3 Å². The van der Waals surface area contributed by atoms with Crippen LogP contribution in [0.1, 0.15) is 55.6 Å². The van der Waals surface area contributed by atoms with Crippen molar-refractivity contribution >= 4 is 11.3 Å². The van der Waals surface area contributed by atoms with Gasteiger partial charge >= 0.3 is 0 Å². The zero-order valence-corrected chi connectivity index (χ0v) is 18.5. The highest BCUT2D eigenvalue weighted by molar-refractivity contribution is 7.11. The van der Waals surface area contributed by atoms with Gasteiger partial charge in [0.15, 0.2) is 0 Å². The maximum Gasteiger partial charge on any atom is 0.125 e. The molecule has 28 heavy (non-hydrogen) atoms. The Morgan fingerprint density at radius 3 is 2.64 bits per heavy atom. The van der Waals surface area contributed by atoms with Crippen molar-refractivity contribution in [3.05, 3.63) is 45.9 Å². The molecule has 1 aliphatic rings. The number of benzene rings is 1. The SMILES string of the molecule is Cc1nc([C@@]2(O)CCCN(CC(C)(C)C)CC2)sc1CCOc1ccccc1. The second-order valence-corrected chi connectivity index (χ2v) is 10.2. The molecule has 1 aliphatic heterocycles. The van der Waals surface area contributed by atoms with Gasteiger partial charge in [-0.05, 0) is 50.3 Å². The minimum atomic E-state index is -0.791. The van der Waals surface area contributed by atoms with Crippen LogP contribution in [0.3, 0.4) is 0 Å². The molecule has 4 nitrogen and oxygen atoms in total. The quantitative estimate of drug-likeness (QED) is 0.754. The molecular weight excluding hydrogens is 368 g/mol. The Kier molecular flexibility index (Phi) is 6.79. The van der Waals surface area contributed by atoms with Gasteiger partial charge in [0.2, 0.25) is 0 Å². The van der Waals surface area contributed by atoms with E-state index < -0.39 is 5.60 Å². The second kappa shape index (κ2) is 8.93. The predicted molar refractivity (Wildman–Crippen MR) is 116 cm³/mol. The number of likely N-dealkylation sites (tertiary alicyclic amines) is 1. The van der Waals surface area contributed by atoms with Crippen molar-refractivity contribution in [1.82, 2.24) is 9.88 Å². The fraction of sp³-hybridized carbons (Fsp3) is 0.609. The molecule has 0 amide bonds. The van der Waals surface area contributed by atoms with Crippen LogP contribution in [0.5, 0.6) is 5.75 Å². The van der Waals surface area contributed by atoms with E-state index in [4.69, 9.17) is 9.72 Å². The van der Waals surface area contributed by atoms with E-state index in [0.717, 1.165) is 61.8 Å². The van der Waals surface area contributed by atoms with Crippen molar-refractivity contribution in [3.8, 4) is 5.75 Å². The van der Waals surface area contributed by atoms with Crippen molar-refractivity contribution in [1.29, 1.82) is 0 Å². The lowest BCUT2D eigenvalue weighted by atomic mass is 9.95. The van der Waals surface area contributed by atoms with Crippen LogP contribution in [0, 0.1) is 12.3 Å². The molecule has 1 saturated heterocycles. The molecule has 1 aromatic carbocycles. The highest BCUT2D eigenvalue weighted by atomic mass is 32.1. The summed E-state index contributed by atoms with van der Waals surface area (Å²) < 4.78 is 5.83. The van der Waals surface area contributed by atoms with Crippen LogP contribution in [0.15, 0.2) is 30.3 Å². The Balaban J connectivity index is 1.61. The van der Waals surface area contributed by atoms with Crippen LogP contribution in [0.2, 0.25) is 0 Å². The van der Waals surface area contributed by atoms with Gasteiger partial charge < -0.3 is 14.7 Å². The van der Waals surface area contributed by atoms with Crippen molar-refractivity contribution in [2.24, 2.45) is 5.41 Å². The first-order valence-electron chi connectivity index (χ1n) is 10.3. The molecule has 0 bridgehead atoms. The molecule has 2 aromatic rings. The third kappa shape index (κ3) is 5.79. The maximum absolute atomic E-state index is 11.4. The Morgan fingerprint density at radius 2 is 1.93 bits per heavy atom. The molecule has 3 rings (SSSR count). The van der Waals surface area contributed by atoms with E-state index in [1.54, 1.807) is 11.3 Å². The summed E-state index contributed by atoms with van der Waals surface area (Å²) in [5, 5.41) is 12.3. The summed E-state index contributed by atoms with van der Waals surface area (Å²) in [6, 6.07) is 9.90. The van der Waals surface area contributed by atoms with Crippen molar-refractivity contribution in [3.63, 3.8) is 0 Å². The van der Waals surface area contributed by atoms with Crippen LogP contribution in [-0.2, 0) is 12.0 Å². The molecule has 0 spiro atoms. The number of rotatable bonds is 6. The number of hydrogen-bond acceptors (Lipinski definition) is 5. The van der Waals surface area contributed by atoms with Gasteiger partial charge in [-0.15, -0.1) is 11.3 Å². The molecule has 1 N–H and O–H groups in total. The first-order valence-corrected chi connectivity index (χ1v) is 11.2. The monoisotopic (exact) mass is 402 g/mol. The zero-order chi connectivity index (χ0) is 20.2. The molecule has 154 valence electrons. The maximum atomic E-state index is 11.4. The summed E-state index contributed by atoms with van der Waals surface area (Å²) in [5.74, 6) is 0.895. The largest absolute Gasteiger partial charge is 0.493 e.